The van der Waals surface area contributed by atoms with E-state index >= 15 is 0 Å². The van der Waals surface area contributed by atoms with Gasteiger partial charge in [-0.05, 0) is 30.5 Å². The quantitative estimate of drug-likeness (QED) is 0.932. The van der Waals surface area contributed by atoms with Crippen LogP contribution in [0.3, 0.4) is 0 Å². The van der Waals surface area contributed by atoms with Crippen LogP contribution in [0.1, 0.15) is 23.2 Å². The molecule has 0 saturated carbocycles. The lowest BCUT2D eigenvalue weighted by molar-refractivity contribution is -0.138. The van der Waals surface area contributed by atoms with Crippen molar-refractivity contribution in [1.29, 1.82) is 0 Å². The van der Waals surface area contributed by atoms with Crippen LogP contribution in [0.5, 0.6) is 0 Å². The molecule has 18 heavy (non-hydrogen) atoms. The fourth-order valence-electron chi connectivity index (χ4n) is 2.23. The van der Waals surface area contributed by atoms with Gasteiger partial charge in [0.05, 0.1) is 0 Å². The monoisotopic (exact) mass is 311 g/mol. The molecule has 0 aromatic heterocycles. The molecule has 1 amide bonds. The van der Waals surface area contributed by atoms with E-state index < -0.39 is 5.97 Å². The Kier molecular flexibility index (Phi) is 4.01. The Morgan fingerprint density at radius 3 is 2.89 bits per heavy atom. The fraction of sp³-hybridized carbons (Fsp3) is 0.385. The predicted molar refractivity (Wildman–Crippen MR) is 70.4 cm³/mol. The molecule has 1 fully saturated rings. The van der Waals surface area contributed by atoms with Crippen LogP contribution < -0.4 is 0 Å². The van der Waals surface area contributed by atoms with Gasteiger partial charge in [0, 0.05) is 29.5 Å². The number of carboxylic acids is 1. The lowest BCUT2D eigenvalue weighted by atomic mass is 10.1. The molecule has 1 aliphatic rings. The molecule has 4 nitrogen and oxygen atoms in total. The van der Waals surface area contributed by atoms with Gasteiger partial charge in [-0.15, -0.1) is 0 Å². The van der Waals surface area contributed by atoms with Crippen molar-refractivity contribution in [2.45, 2.75) is 12.8 Å². The van der Waals surface area contributed by atoms with E-state index in [1.165, 1.54) is 0 Å². The number of halogens is 1. The summed E-state index contributed by atoms with van der Waals surface area (Å²) in [6, 6.07) is 7.25. The average molecular weight is 312 g/mol. The molecule has 1 aromatic rings. The predicted octanol–water partition coefficient (Wildman–Crippen LogP) is 2.39. The maximum atomic E-state index is 12.2. The van der Waals surface area contributed by atoms with E-state index in [4.69, 9.17) is 5.11 Å². The highest BCUT2D eigenvalue weighted by Crippen LogP contribution is 2.22. The Hall–Kier alpha value is -1.36. The van der Waals surface area contributed by atoms with Crippen LogP contribution in [0.4, 0.5) is 0 Å². The standard InChI is InChI=1S/C13H14BrNO3/c14-11-3-1-2-10(7-11)13(18)15-5-4-9(8-15)6-12(16)17/h1-3,7,9H,4-6,8H2,(H,16,17). The van der Waals surface area contributed by atoms with Gasteiger partial charge in [-0.2, -0.15) is 0 Å². The zero-order chi connectivity index (χ0) is 13.1. The first-order chi connectivity index (χ1) is 8.56. The summed E-state index contributed by atoms with van der Waals surface area (Å²) in [7, 11) is 0. The van der Waals surface area contributed by atoms with Crippen molar-refractivity contribution < 1.29 is 14.7 Å². The summed E-state index contributed by atoms with van der Waals surface area (Å²) in [5.74, 6) is -0.737. The van der Waals surface area contributed by atoms with E-state index in [1.54, 1.807) is 17.0 Å². The largest absolute Gasteiger partial charge is 0.481 e. The number of hydrogen-bond acceptors (Lipinski definition) is 2. The Bertz CT molecular complexity index is 475. The lowest BCUT2D eigenvalue weighted by Gasteiger charge is -2.16. The van der Waals surface area contributed by atoms with Crippen LogP contribution in [0.15, 0.2) is 28.7 Å². The van der Waals surface area contributed by atoms with Gasteiger partial charge in [0.15, 0.2) is 0 Å². The summed E-state index contributed by atoms with van der Waals surface area (Å²) >= 11 is 3.34. The summed E-state index contributed by atoms with van der Waals surface area (Å²) in [6.07, 6.45) is 0.911. The van der Waals surface area contributed by atoms with E-state index in [9.17, 15) is 9.59 Å². The van der Waals surface area contributed by atoms with Crippen LogP contribution in [0.25, 0.3) is 0 Å². The van der Waals surface area contributed by atoms with Gasteiger partial charge in [0.25, 0.3) is 5.91 Å². The van der Waals surface area contributed by atoms with E-state index in [2.05, 4.69) is 15.9 Å². The van der Waals surface area contributed by atoms with Crippen molar-refractivity contribution in [3.8, 4) is 0 Å². The van der Waals surface area contributed by atoms with Crippen LogP contribution in [0, 0.1) is 5.92 Å². The Morgan fingerprint density at radius 1 is 1.44 bits per heavy atom. The highest BCUT2D eigenvalue weighted by Gasteiger charge is 2.28. The summed E-state index contributed by atoms with van der Waals surface area (Å²) in [6.45, 7) is 1.18. The maximum absolute atomic E-state index is 12.2. The van der Waals surface area contributed by atoms with Crippen molar-refractivity contribution in [1.82, 2.24) is 4.90 Å². The molecule has 2 rings (SSSR count). The normalized spacial score (nSPS) is 18.9. The van der Waals surface area contributed by atoms with Gasteiger partial charge in [-0.25, -0.2) is 0 Å². The van der Waals surface area contributed by atoms with Gasteiger partial charge in [-0.1, -0.05) is 22.0 Å². The molecule has 5 heteroatoms. The van der Waals surface area contributed by atoms with Gasteiger partial charge >= 0.3 is 5.97 Å². The smallest absolute Gasteiger partial charge is 0.303 e. The first kappa shape index (κ1) is 13.1. The third kappa shape index (κ3) is 3.10. The summed E-state index contributed by atoms with van der Waals surface area (Å²) in [4.78, 5) is 24.6. The molecule has 96 valence electrons. The molecule has 0 aliphatic carbocycles. The minimum atomic E-state index is -0.795. The molecule has 0 bridgehead atoms. The molecular formula is C13H14BrNO3. The van der Waals surface area contributed by atoms with E-state index in [0.29, 0.717) is 18.7 Å². The van der Waals surface area contributed by atoms with Crippen molar-refractivity contribution in [2.24, 2.45) is 5.92 Å². The van der Waals surface area contributed by atoms with Crippen LogP contribution in [0.2, 0.25) is 0 Å². The topological polar surface area (TPSA) is 57.6 Å². The molecule has 1 aromatic carbocycles. The highest BCUT2D eigenvalue weighted by atomic mass is 79.9. The SMILES string of the molecule is O=C(O)CC1CCN(C(=O)c2cccc(Br)c2)C1. The summed E-state index contributed by atoms with van der Waals surface area (Å²) < 4.78 is 0.870. The highest BCUT2D eigenvalue weighted by molar-refractivity contribution is 9.10. The molecular weight excluding hydrogens is 298 g/mol. The number of carbonyl (C=O) groups excluding carboxylic acids is 1. The molecule has 1 unspecified atom stereocenters. The van der Waals surface area contributed by atoms with Crippen molar-refractivity contribution in [3.05, 3.63) is 34.3 Å². The first-order valence-electron chi connectivity index (χ1n) is 5.83. The zero-order valence-electron chi connectivity index (χ0n) is 9.80. The van der Waals surface area contributed by atoms with Crippen molar-refractivity contribution in [3.63, 3.8) is 0 Å². The number of nitrogens with zero attached hydrogens (tertiary/aromatic N) is 1. The number of hydrogen-bond donors (Lipinski definition) is 1. The van der Waals surface area contributed by atoms with Gasteiger partial charge in [0.1, 0.15) is 0 Å². The third-order valence-electron chi connectivity index (χ3n) is 3.11. The van der Waals surface area contributed by atoms with Crippen molar-refractivity contribution >= 4 is 27.8 Å². The molecule has 0 radical (unpaired) electrons. The minimum Gasteiger partial charge on any atom is -0.481 e. The summed E-state index contributed by atoms with van der Waals surface area (Å²) in [5, 5.41) is 8.74. The lowest BCUT2D eigenvalue weighted by Crippen LogP contribution is -2.28. The van der Waals surface area contributed by atoms with E-state index in [0.717, 1.165) is 10.9 Å². The van der Waals surface area contributed by atoms with Crippen LogP contribution in [-0.4, -0.2) is 35.0 Å². The number of likely N-dealkylation sites (tertiary alicyclic amines) is 1. The second kappa shape index (κ2) is 5.52. The van der Waals surface area contributed by atoms with E-state index in [-0.39, 0.29) is 18.2 Å². The second-order valence-corrected chi connectivity index (χ2v) is 5.43. The van der Waals surface area contributed by atoms with Crippen LogP contribution >= 0.6 is 15.9 Å². The van der Waals surface area contributed by atoms with Gasteiger partial charge in [0.2, 0.25) is 0 Å². The Balaban J connectivity index is 2.01. The molecule has 1 heterocycles. The molecule has 1 aliphatic heterocycles. The Morgan fingerprint density at radius 2 is 2.22 bits per heavy atom. The third-order valence-corrected chi connectivity index (χ3v) is 3.60. The summed E-state index contributed by atoms with van der Waals surface area (Å²) in [5.41, 5.74) is 0.639. The zero-order valence-corrected chi connectivity index (χ0v) is 11.4. The average Bonchev–Trinajstić information content (AvgIpc) is 2.75. The van der Waals surface area contributed by atoms with Gasteiger partial charge in [-0.3, -0.25) is 9.59 Å². The number of rotatable bonds is 3. The number of carboxylic acid groups (broad SMARTS) is 1. The number of aliphatic carboxylic acids is 1. The fourth-order valence-corrected chi connectivity index (χ4v) is 2.63. The Labute approximate surface area is 114 Å². The first-order valence-corrected chi connectivity index (χ1v) is 6.62. The molecule has 1 saturated heterocycles. The van der Waals surface area contributed by atoms with Crippen molar-refractivity contribution in [2.75, 3.05) is 13.1 Å². The van der Waals surface area contributed by atoms with E-state index in [1.807, 2.05) is 12.1 Å². The molecule has 1 N–H and O–H groups in total. The molecule has 0 spiro atoms. The number of carbonyl (C=O) groups is 2. The molecule has 1 atom stereocenters. The van der Waals surface area contributed by atoms with Crippen LogP contribution in [-0.2, 0) is 4.79 Å². The number of amides is 1. The second-order valence-electron chi connectivity index (χ2n) is 4.51. The minimum absolute atomic E-state index is 0.0239. The maximum Gasteiger partial charge on any atom is 0.303 e. The number of benzene rings is 1. The van der Waals surface area contributed by atoms with Gasteiger partial charge < -0.3 is 10.0 Å².